The standard InChI is InChI=1S/C30H32BN9O3/c1-16-7-8-25(31)36-28(16)38(6)29(43)23-10-30(5,15-32)18(3)40(23)26(42)14-39-24-13-35-22(20-11-33-19(4)34-12-20)9-21(24)27(37-39)17(2)41/h7-9,11-13,18,23H,10,14,31H2,1-6H3/t18-,23?,30-/m1/s1. The number of aromatic nitrogens is 6. The lowest BCUT2D eigenvalue weighted by atomic mass is 9.84. The highest BCUT2D eigenvalue weighted by molar-refractivity contribution is 6.30. The van der Waals surface area contributed by atoms with Crippen LogP contribution < -0.4 is 10.5 Å². The molecule has 0 aliphatic carbocycles. The van der Waals surface area contributed by atoms with Crippen LogP contribution in [0.4, 0.5) is 5.82 Å². The number of ketones is 1. The topological polar surface area (TPSA) is 151 Å². The summed E-state index contributed by atoms with van der Waals surface area (Å²) < 4.78 is 1.43. The number of hydrogen-bond donors (Lipinski definition) is 0. The number of Topliss-reactive ketones (excluding diaryl/α,β-unsaturated/α-hetero) is 1. The quantitative estimate of drug-likeness (QED) is 0.246. The van der Waals surface area contributed by atoms with Gasteiger partial charge in [-0.1, -0.05) is 12.1 Å². The summed E-state index contributed by atoms with van der Waals surface area (Å²) in [4.78, 5) is 61.0. The summed E-state index contributed by atoms with van der Waals surface area (Å²) in [5.41, 5.74) is 2.55. The zero-order valence-electron chi connectivity index (χ0n) is 25.3. The van der Waals surface area contributed by atoms with E-state index in [1.807, 2.05) is 26.9 Å². The summed E-state index contributed by atoms with van der Waals surface area (Å²) in [6, 6.07) is 6.38. The van der Waals surface area contributed by atoms with Gasteiger partial charge in [0, 0.05) is 43.4 Å². The second-order valence-corrected chi connectivity index (χ2v) is 11.4. The second-order valence-electron chi connectivity index (χ2n) is 11.4. The van der Waals surface area contributed by atoms with Gasteiger partial charge in [-0.3, -0.25) is 28.9 Å². The van der Waals surface area contributed by atoms with Crippen LogP contribution in [0.25, 0.3) is 22.2 Å². The van der Waals surface area contributed by atoms with Gasteiger partial charge in [-0.25, -0.2) is 15.0 Å². The Morgan fingerprint density at radius 2 is 1.86 bits per heavy atom. The van der Waals surface area contributed by atoms with Crippen LogP contribution in [0.1, 0.15) is 49.1 Å². The minimum absolute atomic E-state index is 0.173. The smallest absolute Gasteiger partial charge is 0.250 e. The molecule has 5 heterocycles. The SMILES string of the molecule is Bc1ccc(C)c(N(C)C(=O)C2C[C@](C)(C#N)[C@@H](C)N2C(=O)Cn2nc(C(C)=O)c3cc(-c4cnc(C)nc4)ncc32)n1. The van der Waals surface area contributed by atoms with E-state index < -0.39 is 23.4 Å². The van der Waals surface area contributed by atoms with Crippen LogP contribution in [0.2, 0.25) is 0 Å². The number of fused-ring (bicyclic) bond motifs is 1. The average Bonchev–Trinajstić information content (AvgIpc) is 3.48. The highest BCUT2D eigenvalue weighted by atomic mass is 16.2. The van der Waals surface area contributed by atoms with E-state index in [1.54, 1.807) is 52.5 Å². The average molecular weight is 577 g/mol. The molecule has 1 saturated heterocycles. The molecular formula is C30H32BN9O3. The van der Waals surface area contributed by atoms with Gasteiger partial charge in [-0.15, -0.1) is 0 Å². The van der Waals surface area contributed by atoms with Crippen molar-refractivity contribution in [3.8, 4) is 17.3 Å². The van der Waals surface area contributed by atoms with Gasteiger partial charge < -0.3 is 4.90 Å². The third-order valence-electron chi connectivity index (χ3n) is 8.31. The van der Waals surface area contributed by atoms with E-state index in [1.165, 1.54) is 21.4 Å². The van der Waals surface area contributed by atoms with Gasteiger partial charge in [0.25, 0.3) is 5.91 Å². The number of amides is 2. The molecular weight excluding hydrogens is 545 g/mol. The number of carbonyl (C=O) groups is 3. The number of aryl methyl sites for hydroxylation is 2. The first kappa shape index (κ1) is 29.5. The van der Waals surface area contributed by atoms with Crippen LogP contribution in [0.3, 0.4) is 0 Å². The third-order valence-corrected chi connectivity index (χ3v) is 8.31. The molecule has 1 aliphatic rings. The molecule has 13 heteroatoms. The van der Waals surface area contributed by atoms with Crippen molar-refractivity contribution in [1.29, 1.82) is 5.26 Å². The van der Waals surface area contributed by atoms with E-state index in [0.717, 1.165) is 11.2 Å². The van der Waals surface area contributed by atoms with Gasteiger partial charge >= 0.3 is 0 Å². The molecule has 4 aromatic rings. The van der Waals surface area contributed by atoms with Crippen LogP contribution >= 0.6 is 0 Å². The molecule has 1 fully saturated rings. The molecule has 12 nitrogen and oxygen atoms in total. The van der Waals surface area contributed by atoms with Gasteiger partial charge in [0.2, 0.25) is 5.91 Å². The maximum atomic E-state index is 14.0. The summed E-state index contributed by atoms with van der Waals surface area (Å²) >= 11 is 0. The van der Waals surface area contributed by atoms with Crippen molar-refractivity contribution >= 4 is 47.8 Å². The van der Waals surface area contributed by atoms with Crippen molar-refractivity contribution in [1.82, 2.24) is 34.6 Å². The Morgan fingerprint density at radius 1 is 1.16 bits per heavy atom. The number of carbonyl (C=O) groups excluding carboxylic acids is 3. The Morgan fingerprint density at radius 3 is 2.51 bits per heavy atom. The first-order chi connectivity index (χ1) is 20.3. The van der Waals surface area contributed by atoms with Crippen LogP contribution in [-0.4, -0.2) is 79.2 Å². The summed E-state index contributed by atoms with van der Waals surface area (Å²) in [5, 5.41) is 15.1. The highest BCUT2D eigenvalue weighted by Gasteiger charge is 2.52. The number of pyridine rings is 2. The first-order valence-electron chi connectivity index (χ1n) is 14.0. The number of likely N-dealkylation sites (tertiary alicyclic amines) is 1. The molecule has 0 radical (unpaired) electrons. The van der Waals surface area contributed by atoms with E-state index in [-0.39, 0.29) is 30.3 Å². The minimum atomic E-state index is -0.949. The van der Waals surface area contributed by atoms with Crippen molar-refractivity contribution in [3.63, 3.8) is 0 Å². The lowest BCUT2D eigenvalue weighted by molar-refractivity contribution is -0.140. The van der Waals surface area contributed by atoms with Gasteiger partial charge in [0.05, 0.1) is 28.9 Å². The van der Waals surface area contributed by atoms with Gasteiger partial charge in [-0.2, -0.15) is 10.4 Å². The maximum absolute atomic E-state index is 14.0. The number of nitrogens with zero attached hydrogens (tertiary/aromatic N) is 9. The van der Waals surface area contributed by atoms with E-state index in [9.17, 15) is 19.6 Å². The van der Waals surface area contributed by atoms with Crippen molar-refractivity contribution < 1.29 is 14.4 Å². The fraction of sp³-hybridized carbons (Fsp3) is 0.367. The molecule has 1 aliphatic heterocycles. The molecule has 0 aromatic carbocycles. The molecule has 43 heavy (non-hydrogen) atoms. The van der Waals surface area contributed by atoms with E-state index >= 15 is 0 Å². The monoisotopic (exact) mass is 577 g/mol. The summed E-state index contributed by atoms with van der Waals surface area (Å²) in [6.07, 6.45) is 5.04. The number of rotatable bonds is 6. The largest absolute Gasteiger partial charge is 0.325 e. The molecule has 0 N–H and O–H groups in total. The van der Waals surface area contributed by atoms with Crippen molar-refractivity contribution in [2.45, 2.75) is 59.7 Å². The van der Waals surface area contributed by atoms with E-state index in [0.29, 0.717) is 33.8 Å². The normalized spacial score (nSPS) is 19.8. The molecule has 3 atom stereocenters. The van der Waals surface area contributed by atoms with E-state index in [4.69, 9.17) is 0 Å². The predicted octanol–water partition coefficient (Wildman–Crippen LogP) is 1.54. The molecule has 1 unspecified atom stereocenters. The van der Waals surface area contributed by atoms with Crippen LogP contribution in [-0.2, 0) is 16.1 Å². The Balaban J connectivity index is 1.50. The highest BCUT2D eigenvalue weighted by Crippen LogP contribution is 2.41. The van der Waals surface area contributed by atoms with Crippen molar-refractivity contribution in [2.75, 3.05) is 11.9 Å². The number of nitriles is 1. The Labute approximate surface area is 250 Å². The lowest BCUT2D eigenvalue weighted by Crippen LogP contribution is -2.50. The minimum Gasteiger partial charge on any atom is -0.325 e. The van der Waals surface area contributed by atoms with Crippen LogP contribution in [0, 0.1) is 30.6 Å². The Hall–Kier alpha value is -4.99. The zero-order chi connectivity index (χ0) is 31.2. The number of anilines is 1. The van der Waals surface area contributed by atoms with Gasteiger partial charge in [0.1, 0.15) is 29.9 Å². The van der Waals surface area contributed by atoms with Gasteiger partial charge in [-0.05, 0) is 51.3 Å². The Kier molecular flexibility index (Phi) is 7.56. The van der Waals surface area contributed by atoms with Crippen molar-refractivity contribution in [3.05, 3.63) is 53.9 Å². The summed E-state index contributed by atoms with van der Waals surface area (Å²) in [5.74, 6) is 0.123. The summed E-state index contributed by atoms with van der Waals surface area (Å²) in [6.45, 7) is 8.36. The van der Waals surface area contributed by atoms with Crippen LogP contribution in [0.5, 0.6) is 0 Å². The maximum Gasteiger partial charge on any atom is 0.250 e. The zero-order valence-corrected chi connectivity index (χ0v) is 25.3. The molecule has 4 aromatic heterocycles. The molecule has 0 spiro atoms. The Bertz CT molecular complexity index is 1810. The molecule has 2 amide bonds. The van der Waals surface area contributed by atoms with Gasteiger partial charge in [0.15, 0.2) is 13.6 Å². The predicted molar refractivity (Wildman–Crippen MR) is 162 cm³/mol. The third kappa shape index (κ3) is 5.25. The fourth-order valence-corrected chi connectivity index (χ4v) is 5.61. The molecule has 0 saturated carbocycles. The molecule has 5 rings (SSSR count). The van der Waals surface area contributed by atoms with Crippen molar-refractivity contribution in [2.24, 2.45) is 5.41 Å². The number of hydrogen-bond acceptors (Lipinski definition) is 9. The van der Waals surface area contributed by atoms with Crippen LogP contribution in [0.15, 0.2) is 36.8 Å². The molecule has 218 valence electrons. The first-order valence-corrected chi connectivity index (χ1v) is 14.0. The fourth-order valence-electron chi connectivity index (χ4n) is 5.61. The van der Waals surface area contributed by atoms with E-state index in [2.05, 4.69) is 31.1 Å². The number of likely N-dealkylation sites (N-methyl/N-ethyl adjacent to an activating group) is 1. The summed E-state index contributed by atoms with van der Waals surface area (Å²) in [7, 11) is 3.48. The second kappa shape index (κ2) is 11.0. The lowest BCUT2D eigenvalue weighted by Gasteiger charge is -2.31. The molecule has 0 bridgehead atoms.